The zero-order chi connectivity index (χ0) is 58.5. The highest BCUT2D eigenvalue weighted by molar-refractivity contribution is 7.13. The Bertz CT molecular complexity index is 3570. The van der Waals surface area contributed by atoms with E-state index < -0.39 is 17.8 Å². The predicted octanol–water partition coefficient (Wildman–Crippen LogP) is 9.41. The first-order valence-corrected chi connectivity index (χ1v) is 30.7. The first-order valence-electron chi connectivity index (χ1n) is 29.8. The number of aromatic nitrogens is 5. The van der Waals surface area contributed by atoms with Gasteiger partial charge in [0.1, 0.15) is 48.0 Å². The number of pyridine rings is 1. The van der Waals surface area contributed by atoms with Gasteiger partial charge in [0.2, 0.25) is 11.8 Å². The van der Waals surface area contributed by atoms with Crippen molar-refractivity contribution in [2.45, 2.75) is 135 Å². The van der Waals surface area contributed by atoms with Crippen LogP contribution in [-0.4, -0.2) is 159 Å². The van der Waals surface area contributed by atoms with Crippen molar-refractivity contribution in [2.75, 3.05) is 69.3 Å². The van der Waals surface area contributed by atoms with E-state index in [1.807, 2.05) is 83.6 Å². The highest BCUT2D eigenvalue weighted by atomic mass is 32.1. The Morgan fingerprint density at radius 2 is 1.68 bits per heavy atom. The number of aromatic hydroxyl groups is 1. The van der Waals surface area contributed by atoms with E-state index in [9.17, 15) is 19.5 Å². The molecule has 8 atom stereocenters. The van der Waals surface area contributed by atoms with Gasteiger partial charge in [0.05, 0.1) is 27.5 Å². The molecule has 4 aromatic heterocycles. The monoisotopic (exact) mass is 1160 g/mol. The van der Waals surface area contributed by atoms with Gasteiger partial charge in [-0.1, -0.05) is 68.4 Å². The van der Waals surface area contributed by atoms with Crippen LogP contribution in [0.25, 0.3) is 43.4 Å². The van der Waals surface area contributed by atoms with Crippen LogP contribution in [0.5, 0.6) is 11.8 Å². The van der Waals surface area contributed by atoms with Crippen molar-refractivity contribution in [3.05, 3.63) is 101 Å². The number of amides is 3. The molecule has 19 nitrogen and oxygen atoms in total. The number of carbonyl (C=O) groups excluding carboxylic acids is 3. The molecule has 0 aliphatic carbocycles. The number of carbonyl (C=O) groups is 3. The summed E-state index contributed by atoms with van der Waals surface area (Å²) < 4.78 is 35.7. The lowest BCUT2D eigenvalue weighted by Crippen LogP contribution is -2.54. The van der Waals surface area contributed by atoms with Gasteiger partial charge in [-0.05, 0) is 118 Å². The van der Waals surface area contributed by atoms with Gasteiger partial charge < -0.3 is 49.3 Å². The fourth-order valence-electron chi connectivity index (χ4n) is 13.5. The standard InChI is InChI=1S/C63H75FN12O7S/c1-8-39-11-9-12-42-25-47(77)26-48(54(39)42)56-55(64)57-49(28-65-56)59(74-30-43-18-19-44(31-74)68-43)70-62(69-57)81-32-45-20-21-46(72(45)7)33-82-63(80)75-24-23-73(29-36(75)4)52-27-51(83-71-52)53(35(2)3)61(79)76-22-10-13-50(76)60(78)67-37(5)40-14-16-41(17-15-40)58-38(6)66-34-84-58/h9,11-12,14-17,25-28,34-37,43-46,50,53,68,77H,8,10,13,18-24,29-33H2,1-7H3,(H,67,78)/t36-,37-,43?,44?,45-,46-,50-,53?/m0/s1. The fraction of sp³-hybridized carbons (Fsp3) is 0.492. The van der Waals surface area contributed by atoms with E-state index >= 15 is 4.39 Å². The van der Waals surface area contributed by atoms with Crippen molar-refractivity contribution in [2.24, 2.45) is 5.92 Å². The predicted molar refractivity (Wildman–Crippen MR) is 321 cm³/mol. The molecule has 442 valence electrons. The molecule has 3 N–H and O–H groups in total. The molecule has 0 radical (unpaired) electrons. The number of anilines is 2. The lowest BCUT2D eigenvalue weighted by atomic mass is 9.91. The van der Waals surface area contributed by atoms with Crippen LogP contribution in [-0.2, 0) is 20.7 Å². The summed E-state index contributed by atoms with van der Waals surface area (Å²) >= 11 is 1.60. The molecule has 0 spiro atoms. The van der Waals surface area contributed by atoms with Crippen LogP contribution < -0.4 is 25.2 Å². The summed E-state index contributed by atoms with van der Waals surface area (Å²) in [6.07, 6.45) is 6.95. The number of fused-ring (bicyclic) bond motifs is 4. The molecule has 21 heteroatoms. The normalized spacial score (nSPS) is 22.6. The largest absolute Gasteiger partial charge is 0.508 e. The molecular weight excluding hydrogens is 1090 g/mol. The zero-order valence-corrected chi connectivity index (χ0v) is 49.7. The SMILES string of the molecule is CCc1cccc2cc(O)cc(-c3ncc4c(N5CC6CCC(C5)N6)nc(OC[C@@H]5CC[C@@H](COC(=O)N6CCN(c7cc(C(C(=O)N8CCC[C@H]8C(=O)N[C@@H](C)c8ccc(-c9scnc9C)cc8)C(C)C)on7)C[C@@H]6C)N5C)nc4c3F)c12. The van der Waals surface area contributed by atoms with Crippen LogP contribution >= 0.6 is 11.3 Å². The minimum Gasteiger partial charge on any atom is -0.508 e. The van der Waals surface area contributed by atoms with Crippen LogP contribution in [0.15, 0.2) is 76.9 Å². The second-order valence-electron chi connectivity index (χ2n) is 24.0. The summed E-state index contributed by atoms with van der Waals surface area (Å²) in [5.41, 5.74) is 6.62. The molecule has 3 amide bonds. The lowest BCUT2D eigenvalue weighted by molar-refractivity contribution is -0.141. The zero-order valence-electron chi connectivity index (χ0n) is 48.9. The van der Waals surface area contributed by atoms with Crippen molar-refractivity contribution in [1.82, 2.24) is 50.4 Å². The van der Waals surface area contributed by atoms with Gasteiger partial charge in [0.15, 0.2) is 17.4 Å². The Morgan fingerprint density at radius 1 is 0.905 bits per heavy atom. The number of likely N-dealkylation sites (N-methyl/N-ethyl adjacent to an activating group) is 1. The summed E-state index contributed by atoms with van der Waals surface area (Å²) in [4.78, 5) is 71.9. The number of nitrogens with one attached hydrogen (secondary N) is 2. The molecule has 5 aliphatic rings. The van der Waals surface area contributed by atoms with Crippen LogP contribution in [0, 0.1) is 18.7 Å². The Labute approximate surface area is 492 Å². The number of hydrogen-bond donors (Lipinski definition) is 3. The fourth-order valence-corrected chi connectivity index (χ4v) is 14.3. The number of aryl methyl sites for hydroxylation is 2. The Morgan fingerprint density at radius 3 is 2.40 bits per heavy atom. The number of nitrogens with zero attached hydrogens (tertiary/aromatic N) is 10. The number of ether oxygens (including phenoxy) is 2. The first kappa shape index (κ1) is 57.0. The molecular formula is C63H75FN12O7S. The first-order chi connectivity index (χ1) is 40.6. The minimum absolute atomic E-state index is 0.0213. The molecule has 5 aliphatic heterocycles. The van der Waals surface area contributed by atoms with Crippen molar-refractivity contribution < 1.29 is 37.9 Å². The van der Waals surface area contributed by atoms with E-state index in [1.54, 1.807) is 39.5 Å². The molecule has 5 fully saturated rings. The van der Waals surface area contributed by atoms with Gasteiger partial charge in [-0.15, -0.1) is 11.3 Å². The number of halogens is 1. The number of phenols is 1. The molecule has 9 heterocycles. The average Bonchev–Trinajstić information content (AvgIpc) is 4.33. The average molecular weight is 1160 g/mol. The molecule has 2 bridgehead atoms. The van der Waals surface area contributed by atoms with Gasteiger partial charge in [-0.3, -0.25) is 19.5 Å². The van der Waals surface area contributed by atoms with Crippen molar-refractivity contribution in [3.8, 4) is 33.5 Å². The second kappa shape index (κ2) is 23.9. The molecule has 3 unspecified atom stereocenters. The van der Waals surface area contributed by atoms with E-state index in [-0.39, 0.29) is 84.2 Å². The summed E-state index contributed by atoms with van der Waals surface area (Å²) in [6.45, 7) is 15.7. The number of likely N-dealkylation sites (tertiary alicyclic amines) is 2. The highest BCUT2D eigenvalue weighted by Crippen LogP contribution is 2.40. The molecule has 84 heavy (non-hydrogen) atoms. The number of hydrogen-bond acceptors (Lipinski definition) is 17. The smallest absolute Gasteiger partial charge is 0.410 e. The molecule has 0 saturated carbocycles. The van der Waals surface area contributed by atoms with E-state index in [1.165, 1.54) is 0 Å². The van der Waals surface area contributed by atoms with Crippen LogP contribution in [0.2, 0.25) is 0 Å². The summed E-state index contributed by atoms with van der Waals surface area (Å²) in [5.74, 6) is -0.0736. The summed E-state index contributed by atoms with van der Waals surface area (Å²) in [6, 6.07) is 18.6. The third-order valence-electron chi connectivity index (χ3n) is 18.2. The van der Waals surface area contributed by atoms with Gasteiger partial charge in [-0.25, -0.2) is 14.2 Å². The van der Waals surface area contributed by atoms with E-state index in [0.29, 0.717) is 92.5 Å². The maximum absolute atomic E-state index is 17.2. The van der Waals surface area contributed by atoms with Crippen molar-refractivity contribution in [3.63, 3.8) is 0 Å². The summed E-state index contributed by atoms with van der Waals surface area (Å²) in [5, 5.41) is 24.2. The van der Waals surface area contributed by atoms with E-state index in [0.717, 1.165) is 70.1 Å². The van der Waals surface area contributed by atoms with Gasteiger partial charge >= 0.3 is 12.1 Å². The van der Waals surface area contributed by atoms with Crippen LogP contribution in [0.1, 0.15) is 108 Å². The quantitative estimate of drug-likeness (QED) is 0.0823. The van der Waals surface area contributed by atoms with E-state index in [2.05, 4.69) is 54.5 Å². The van der Waals surface area contributed by atoms with Crippen LogP contribution in [0.3, 0.4) is 0 Å². The third-order valence-corrected chi connectivity index (χ3v) is 19.2. The number of rotatable bonds is 16. The lowest BCUT2D eigenvalue weighted by Gasteiger charge is -2.39. The molecule has 7 aromatic rings. The second-order valence-corrected chi connectivity index (χ2v) is 24.8. The molecule has 5 saturated heterocycles. The van der Waals surface area contributed by atoms with Crippen molar-refractivity contribution >= 4 is 62.6 Å². The number of piperazine rings is 2. The summed E-state index contributed by atoms with van der Waals surface area (Å²) in [7, 11) is 2.00. The topological polar surface area (TPSA) is 208 Å². The maximum Gasteiger partial charge on any atom is 0.410 e. The Balaban J connectivity index is 0.656. The Hall–Kier alpha value is -7.49. The van der Waals surface area contributed by atoms with Gasteiger partial charge in [0, 0.05) is 87.3 Å². The highest BCUT2D eigenvalue weighted by Gasteiger charge is 2.42. The number of benzene rings is 3. The maximum atomic E-state index is 17.2. The molecule has 3 aromatic carbocycles. The van der Waals surface area contributed by atoms with Crippen LogP contribution in [0.4, 0.5) is 20.8 Å². The number of thiazole rings is 1. The minimum atomic E-state index is -0.643. The number of phenolic OH excluding ortho intramolecular Hbond substituents is 1. The molecule has 12 rings (SSSR count). The van der Waals surface area contributed by atoms with E-state index in [4.69, 9.17) is 28.9 Å². The Kier molecular flexibility index (Phi) is 16.2. The van der Waals surface area contributed by atoms with Crippen molar-refractivity contribution in [1.29, 1.82) is 0 Å². The van der Waals surface area contributed by atoms with Gasteiger partial charge in [-0.2, -0.15) is 9.97 Å². The van der Waals surface area contributed by atoms with Gasteiger partial charge in [0.25, 0.3) is 0 Å². The third kappa shape index (κ3) is 11.2.